The van der Waals surface area contributed by atoms with Gasteiger partial charge < -0.3 is 0 Å². The Morgan fingerprint density at radius 1 is 0.375 bits per heavy atom. The molecule has 0 N–H and O–H groups in total. The van der Waals surface area contributed by atoms with Crippen LogP contribution < -0.4 is 0 Å². The maximum Gasteiger partial charge on any atom is -0.00201 e. The van der Waals surface area contributed by atoms with E-state index in [0.717, 1.165) is 0 Å². The first-order valence-corrected chi connectivity index (χ1v) is 8.23. The monoisotopic (exact) mass is 303 g/mol. The molecule has 5 rings (SSSR count). The summed E-state index contributed by atoms with van der Waals surface area (Å²) in [5, 5.41) is 0. The minimum Gasteiger partial charge on any atom is -0.0616 e. The second-order valence-corrected chi connectivity index (χ2v) is 6.10. The molecule has 111 valence electrons. The molecule has 4 aromatic rings. The zero-order valence-corrected chi connectivity index (χ0v) is 13.2. The Labute approximate surface area is 142 Å². The second-order valence-electron chi connectivity index (χ2n) is 6.10. The average molecular weight is 303 g/mol. The summed E-state index contributed by atoms with van der Waals surface area (Å²) in [4.78, 5) is 0. The molecule has 0 nitrogen and oxygen atoms in total. The maximum atomic E-state index is 3.48. The zero-order valence-electron chi connectivity index (χ0n) is 13.2. The van der Waals surface area contributed by atoms with Crippen molar-refractivity contribution in [1.82, 2.24) is 0 Å². The topological polar surface area (TPSA) is 0 Å². The number of hydrogen-bond donors (Lipinski definition) is 0. The van der Waals surface area contributed by atoms with Crippen LogP contribution in [0.5, 0.6) is 0 Å². The van der Waals surface area contributed by atoms with Crippen LogP contribution in [0.4, 0.5) is 0 Å². The predicted octanol–water partition coefficient (Wildman–Crippen LogP) is 6.47. The minimum absolute atomic E-state index is 1.18. The van der Waals surface area contributed by atoms with Crippen LogP contribution in [-0.4, -0.2) is 0 Å². The van der Waals surface area contributed by atoms with Gasteiger partial charge in [0, 0.05) is 0 Å². The number of hydrogen-bond acceptors (Lipinski definition) is 0. The van der Waals surface area contributed by atoms with Crippen molar-refractivity contribution >= 4 is 0 Å². The van der Waals surface area contributed by atoms with Crippen LogP contribution in [0.15, 0.2) is 91.0 Å². The molecular weight excluding hydrogens is 288 g/mol. The van der Waals surface area contributed by atoms with Crippen LogP contribution in [0.3, 0.4) is 0 Å². The Balaban J connectivity index is 2.01. The molecule has 0 heterocycles. The summed E-state index contributed by atoms with van der Waals surface area (Å²) in [5.74, 6) is 0. The van der Waals surface area contributed by atoms with Crippen LogP contribution in [0.1, 0.15) is 0 Å². The van der Waals surface area contributed by atoms with Crippen LogP contribution in [-0.2, 0) is 0 Å². The summed E-state index contributed by atoms with van der Waals surface area (Å²) in [7, 11) is 0. The molecule has 0 atom stereocenters. The molecular formula is C24H15. The largest absolute Gasteiger partial charge is 0.0616 e. The van der Waals surface area contributed by atoms with Gasteiger partial charge in [-0.05, 0) is 50.6 Å². The maximum absolute atomic E-state index is 3.48. The van der Waals surface area contributed by atoms with Crippen LogP contribution in [0.25, 0.3) is 44.5 Å². The quantitative estimate of drug-likeness (QED) is 0.307. The first-order chi connectivity index (χ1) is 11.9. The van der Waals surface area contributed by atoms with E-state index in [-0.39, 0.29) is 0 Å². The fraction of sp³-hybridized carbons (Fsp3) is 0. The molecule has 0 unspecified atom stereocenters. The van der Waals surface area contributed by atoms with E-state index in [1.807, 2.05) is 6.07 Å². The highest BCUT2D eigenvalue weighted by molar-refractivity contribution is 6.02. The van der Waals surface area contributed by atoms with E-state index in [4.69, 9.17) is 0 Å². The number of fused-ring (bicyclic) bond motifs is 8. The Morgan fingerprint density at radius 2 is 0.750 bits per heavy atom. The standard InChI is InChI=1S/C24H15/c1-2-10-18-17(9-1)19-11-3-4-13-21(19)23-15-7-8-16-24(23)22-14-6-5-12-20(18)22/h1-15H. The van der Waals surface area contributed by atoms with Gasteiger partial charge in [0.1, 0.15) is 0 Å². The second kappa shape index (κ2) is 5.21. The van der Waals surface area contributed by atoms with Crippen LogP contribution in [0.2, 0.25) is 0 Å². The van der Waals surface area contributed by atoms with Gasteiger partial charge in [-0.15, -0.1) is 0 Å². The number of rotatable bonds is 0. The van der Waals surface area contributed by atoms with E-state index in [1.165, 1.54) is 44.5 Å². The third-order valence-electron chi connectivity index (χ3n) is 4.78. The molecule has 24 heavy (non-hydrogen) atoms. The first-order valence-electron chi connectivity index (χ1n) is 8.23. The molecule has 0 saturated carbocycles. The molecule has 0 saturated heterocycles. The van der Waals surface area contributed by atoms with E-state index >= 15 is 0 Å². The summed E-state index contributed by atoms with van der Waals surface area (Å²) < 4.78 is 0. The molecule has 0 fully saturated rings. The van der Waals surface area contributed by atoms with Gasteiger partial charge in [-0.2, -0.15) is 0 Å². The molecule has 0 heteroatoms. The molecule has 0 aromatic heterocycles. The SMILES string of the molecule is [c]1cccc2c1-c1ccccc1-c1ccccc1-c1ccccc1-2. The third-order valence-corrected chi connectivity index (χ3v) is 4.78. The lowest BCUT2D eigenvalue weighted by atomic mass is 9.81. The fourth-order valence-corrected chi connectivity index (χ4v) is 3.73. The molecule has 1 aliphatic rings. The first kappa shape index (κ1) is 13.3. The smallest absolute Gasteiger partial charge is 0.00201 e. The molecule has 1 radical (unpaired) electrons. The average Bonchev–Trinajstić information content (AvgIpc) is 2.67. The van der Waals surface area contributed by atoms with Gasteiger partial charge in [0.2, 0.25) is 0 Å². The van der Waals surface area contributed by atoms with Crippen LogP contribution in [0, 0.1) is 6.07 Å². The van der Waals surface area contributed by atoms with Crippen molar-refractivity contribution in [3.8, 4) is 44.5 Å². The lowest BCUT2D eigenvalue weighted by Crippen LogP contribution is -1.96. The summed E-state index contributed by atoms with van der Waals surface area (Å²) in [6.45, 7) is 0. The van der Waals surface area contributed by atoms with E-state index in [1.54, 1.807) is 0 Å². The van der Waals surface area contributed by atoms with Gasteiger partial charge in [-0.3, -0.25) is 0 Å². The third kappa shape index (κ3) is 1.87. The summed E-state index contributed by atoms with van der Waals surface area (Å²) in [6.07, 6.45) is 0. The summed E-state index contributed by atoms with van der Waals surface area (Å²) in [6, 6.07) is 35.8. The van der Waals surface area contributed by atoms with E-state index in [0.29, 0.717) is 0 Å². The van der Waals surface area contributed by atoms with E-state index in [9.17, 15) is 0 Å². The Kier molecular flexibility index (Phi) is 2.89. The van der Waals surface area contributed by atoms with Crippen molar-refractivity contribution < 1.29 is 0 Å². The zero-order chi connectivity index (χ0) is 15.9. The van der Waals surface area contributed by atoms with Crippen LogP contribution >= 0.6 is 0 Å². The molecule has 4 aromatic carbocycles. The fourth-order valence-electron chi connectivity index (χ4n) is 3.73. The van der Waals surface area contributed by atoms with Gasteiger partial charge in [-0.1, -0.05) is 91.0 Å². The van der Waals surface area contributed by atoms with Crippen molar-refractivity contribution in [3.63, 3.8) is 0 Å². The lowest BCUT2D eigenvalue weighted by molar-refractivity contribution is 1.52. The van der Waals surface area contributed by atoms with Crippen molar-refractivity contribution in [2.24, 2.45) is 0 Å². The van der Waals surface area contributed by atoms with Gasteiger partial charge in [0.05, 0.1) is 0 Å². The summed E-state index contributed by atoms with van der Waals surface area (Å²) >= 11 is 0. The molecule has 0 aliphatic heterocycles. The summed E-state index contributed by atoms with van der Waals surface area (Å²) in [5.41, 5.74) is 10.1. The van der Waals surface area contributed by atoms with Gasteiger partial charge >= 0.3 is 0 Å². The number of benzene rings is 4. The Bertz CT molecular complexity index is 769. The van der Waals surface area contributed by atoms with E-state index < -0.39 is 0 Å². The molecule has 0 amide bonds. The Morgan fingerprint density at radius 3 is 1.29 bits per heavy atom. The van der Waals surface area contributed by atoms with Crippen molar-refractivity contribution in [1.29, 1.82) is 0 Å². The normalized spacial score (nSPS) is 11.3. The molecule has 0 spiro atoms. The van der Waals surface area contributed by atoms with Crippen molar-refractivity contribution in [3.05, 3.63) is 97.1 Å². The van der Waals surface area contributed by atoms with Gasteiger partial charge in [0.25, 0.3) is 0 Å². The molecule has 0 bridgehead atoms. The highest BCUT2D eigenvalue weighted by Crippen LogP contribution is 2.46. The Hall–Kier alpha value is -3.12. The highest BCUT2D eigenvalue weighted by Gasteiger charge is 2.20. The van der Waals surface area contributed by atoms with Gasteiger partial charge in [0.15, 0.2) is 0 Å². The minimum atomic E-state index is 1.18. The van der Waals surface area contributed by atoms with E-state index in [2.05, 4.69) is 91.0 Å². The lowest BCUT2D eigenvalue weighted by Gasteiger charge is -2.22. The van der Waals surface area contributed by atoms with Crippen molar-refractivity contribution in [2.75, 3.05) is 0 Å². The predicted molar refractivity (Wildman–Crippen MR) is 101 cm³/mol. The molecule has 1 aliphatic carbocycles. The highest BCUT2D eigenvalue weighted by atomic mass is 14.2. The van der Waals surface area contributed by atoms with Crippen molar-refractivity contribution in [2.45, 2.75) is 0 Å². The van der Waals surface area contributed by atoms with Gasteiger partial charge in [-0.25, -0.2) is 0 Å².